The van der Waals surface area contributed by atoms with Gasteiger partial charge in [-0.2, -0.15) is 0 Å². The fraction of sp³-hybridized carbons (Fsp3) is 1.00. The summed E-state index contributed by atoms with van der Waals surface area (Å²) in [6, 6.07) is 0. The lowest BCUT2D eigenvalue weighted by atomic mass is 9.97. The molecule has 1 saturated carbocycles. The van der Waals surface area contributed by atoms with Crippen molar-refractivity contribution in [2.45, 2.75) is 20.3 Å². The van der Waals surface area contributed by atoms with Gasteiger partial charge in [0.2, 0.25) is 0 Å². The molecule has 70 valence electrons. The van der Waals surface area contributed by atoms with Crippen LogP contribution in [0.2, 0.25) is 0 Å². The lowest BCUT2D eigenvalue weighted by Crippen LogP contribution is -2.08. The van der Waals surface area contributed by atoms with Gasteiger partial charge in [-0.05, 0) is 36.1 Å². The molecule has 1 saturated heterocycles. The van der Waals surface area contributed by atoms with Gasteiger partial charge >= 0.3 is 0 Å². The molecule has 1 heterocycles. The largest absolute Gasteiger partial charge is 0.381 e. The molecule has 2 aliphatic rings. The fourth-order valence-corrected chi connectivity index (χ4v) is 3.01. The van der Waals surface area contributed by atoms with Crippen molar-refractivity contribution in [2.75, 3.05) is 19.8 Å². The van der Waals surface area contributed by atoms with Crippen molar-refractivity contribution in [1.82, 2.24) is 0 Å². The quantitative estimate of drug-likeness (QED) is 0.675. The number of hydrogen-bond acceptors (Lipinski definition) is 2. The Morgan fingerprint density at radius 3 is 2.67 bits per heavy atom. The van der Waals surface area contributed by atoms with E-state index >= 15 is 0 Å². The van der Waals surface area contributed by atoms with Crippen molar-refractivity contribution in [3.05, 3.63) is 0 Å². The van der Waals surface area contributed by atoms with Crippen molar-refractivity contribution in [3.63, 3.8) is 0 Å². The second kappa shape index (κ2) is 2.71. The molecule has 0 aromatic rings. The summed E-state index contributed by atoms with van der Waals surface area (Å²) in [5.41, 5.74) is 6.22. The molecule has 2 N–H and O–H groups in total. The Labute approximate surface area is 74.5 Å². The first kappa shape index (κ1) is 8.52. The van der Waals surface area contributed by atoms with Gasteiger partial charge in [-0.3, -0.25) is 0 Å². The van der Waals surface area contributed by atoms with Crippen molar-refractivity contribution in [3.8, 4) is 0 Å². The molecule has 2 rings (SSSR count). The van der Waals surface area contributed by atoms with Crippen molar-refractivity contribution < 1.29 is 4.74 Å². The Kier molecular flexibility index (Phi) is 1.92. The molecular formula is C10H19NO. The van der Waals surface area contributed by atoms with Crippen molar-refractivity contribution in [1.29, 1.82) is 0 Å². The second-order valence-electron chi connectivity index (χ2n) is 4.81. The van der Waals surface area contributed by atoms with Gasteiger partial charge in [-0.1, -0.05) is 13.8 Å². The highest BCUT2D eigenvalue weighted by molar-refractivity contribution is 5.08. The van der Waals surface area contributed by atoms with E-state index in [9.17, 15) is 0 Å². The van der Waals surface area contributed by atoms with Crippen LogP contribution in [0.4, 0.5) is 0 Å². The standard InChI is InChI=1S/C10H19NO/c1-10(2)8(5-11)9(10)7-3-4-12-6-7/h7-9H,3-6,11H2,1-2H3/t7?,8-,9-/m0/s1. The van der Waals surface area contributed by atoms with Crippen LogP contribution >= 0.6 is 0 Å². The number of nitrogens with two attached hydrogens (primary N) is 1. The number of ether oxygens (including phenoxy) is 1. The summed E-state index contributed by atoms with van der Waals surface area (Å²) in [5, 5.41) is 0. The van der Waals surface area contributed by atoms with Gasteiger partial charge < -0.3 is 10.5 Å². The van der Waals surface area contributed by atoms with E-state index in [-0.39, 0.29) is 0 Å². The minimum atomic E-state index is 0.493. The smallest absolute Gasteiger partial charge is 0.0498 e. The summed E-state index contributed by atoms with van der Waals surface area (Å²) >= 11 is 0. The van der Waals surface area contributed by atoms with Crippen LogP contribution in [-0.2, 0) is 4.74 Å². The van der Waals surface area contributed by atoms with E-state index in [1.165, 1.54) is 6.42 Å². The Hall–Kier alpha value is -0.0800. The lowest BCUT2D eigenvalue weighted by Gasteiger charge is -2.07. The Bertz CT molecular complexity index is 173. The van der Waals surface area contributed by atoms with Crippen LogP contribution < -0.4 is 5.73 Å². The summed E-state index contributed by atoms with van der Waals surface area (Å²) in [7, 11) is 0. The van der Waals surface area contributed by atoms with Crippen LogP contribution in [-0.4, -0.2) is 19.8 Å². The van der Waals surface area contributed by atoms with E-state index in [1.54, 1.807) is 0 Å². The topological polar surface area (TPSA) is 35.2 Å². The SMILES string of the molecule is CC1(C)[C@@H](CN)[C@@H]1C1CCOC1. The van der Waals surface area contributed by atoms with Gasteiger partial charge in [-0.15, -0.1) is 0 Å². The zero-order valence-corrected chi connectivity index (χ0v) is 8.05. The monoisotopic (exact) mass is 169 g/mol. The van der Waals surface area contributed by atoms with Gasteiger partial charge in [0.05, 0.1) is 0 Å². The van der Waals surface area contributed by atoms with Gasteiger partial charge in [0.15, 0.2) is 0 Å². The molecule has 0 aromatic carbocycles. The second-order valence-corrected chi connectivity index (χ2v) is 4.81. The fourth-order valence-electron chi connectivity index (χ4n) is 3.01. The summed E-state index contributed by atoms with van der Waals surface area (Å²) < 4.78 is 5.40. The van der Waals surface area contributed by atoms with Gasteiger partial charge in [0.25, 0.3) is 0 Å². The van der Waals surface area contributed by atoms with Gasteiger partial charge in [0, 0.05) is 13.2 Å². The summed E-state index contributed by atoms with van der Waals surface area (Å²) in [6.45, 7) is 7.48. The first-order valence-electron chi connectivity index (χ1n) is 4.95. The number of hydrogen-bond donors (Lipinski definition) is 1. The predicted octanol–water partition coefficient (Wildman–Crippen LogP) is 1.25. The van der Waals surface area contributed by atoms with Gasteiger partial charge in [0.1, 0.15) is 0 Å². The number of rotatable bonds is 2. The molecule has 0 amide bonds. The van der Waals surface area contributed by atoms with Crippen molar-refractivity contribution in [2.24, 2.45) is 28.9 Å². The lowest BCUT2D eigenvalue weighted by molar-refractivity contribution is 0.178. The van der Waals surface area contributed by atoms with E-state index in [1.807, 2.05) is 0 Å². The first-order valence-corrected chi connectivity index (χ1v) is 4.95. The van der Waals surface area contributed by atoms with Crippen LogP contribution in [0.15, 0.2) is 0 Å². The van der Waals surface area contributed by atoms with Crippen molar-refractivity contribution >= 4 is 0 Å². The molecule has 0 radical (unpaired) electrons. The minimum Gasteiger partial charge on any atom is -0.381 e. The highest BCUT2D eigenvalue weighted by Gasteiger charge is 2.59. The molecule has 3 atom stereocenters. The molecule has 1 aliphatic carbocycles. The molecule has 12 heavy (non-hydrogen) atoms. The maximum absolute atomic E-state index is 5.73. The molecule has 2 nitrogen and oxygen atoms in total. The third kappa shape index (κ3) is 1.09. The van der Waals surface area contributed by atoms with Crippen LogP contribution in [0.3, 0.4) is 0 Å². The van der Waals surface area contributed by atoms with E-state index < -0.39 is 0 Å². The zero-order valence-electron chi connectivity index (χ0n) is 8.05. The Balaban J connectivity index is 1.97. The molecular weight excluding hydrogens is 150 g/mol. The molecule has 2 fully saturated rings. The molecule has 2 heteroatoms. The maximum atomic E-state index is 5.73. The van der Waals surface area contributed by atoms with Crippen LogP contribution in [0.5, 0.6) is 0 Å². The summed E-state index contributed by atoms with van der Waals surface area (Å²) in [5.74, 6) is 2.39. The third-order valence-electron chi connectivity index (χ3n) is 3.87. The van der Waals surface area contributed by atoms with Crippen LogP contribution in [0, 0.1) is 23.2 Å². The van der Waals surface area contributed by atoms with E-state index in [2.05, 4.69) is 13.8 Å². The molecule has 0 spiro atoms. The van der Waals surface area contributed by atoms with E-state index in [4.69, 9.17) is 10.5 Å². The van der Waals surface area contributed by atoms with Gasteiger partial charge in [-0.25, -0.2) is 0 Å². The average Bonchev–Trinajstić information content (AvgIpc) is 2.50. The third-order valence-corrected chi connectivity index (χ3v) is 3.87. The average molecular weight is 169 g/mol. The molecule has 0 bridgehead atoms. The highest BCUT2D eigenvalue weighted by atomic mass is 16.5. The van der Waals surface area contributed by atoms with E-state index in [0.717, 1.165) is 37.5 Å². The first-order chi connectivity index (χ1) is 5.68. The summed E-state index contributed by atoms with van der Waals surface area (Å²) in [4.78, 5) is 0. The van der Waals surface area contributed by atoms with Crippen LogP contribution in [0.1, 0.15) is 20.3 Å². The zero-order chi connectivity index (χ0) is 8.77. The minimum absolute atomic E-state index is 0.493. The predicted molar refractivity (Wildman–Crippen MR) is 48.7 cm³/mol. The Morgan fingerprint density at radius 1 is 1.50 bits per heavy atom. The summed E-state index contributed by atoms with van der Waals surface area (Å²) in [6.07, 6.45) is 1.25. The molecule has 1 unspecified atom stereocenters. The van der Waals surface area contributed by atoms with E-state index in [0.29, 0.717) is 5.41 Å². The highest BCUT2D eigenvalue weighted by Crippen LogP contribution is 2.62. The normalized spacial score (nSPS) is 44.8. The molecule has 1 aliphatic heterocycles. The Morgan fingerprint density at radius 2 is 2.25 bits per heavy atom. The molecule has 0 aromatic heterocycles. The maximum Gasteiger partial charge on any atom is 0.0498 e. The van der Waals surface area contributed by atoms with Crippen LogP contribution in [0.25, 0.3) is 0 Å².